The smallest absolute Gasteiger partial charge is 0.236 e. The quantitative estimate of drug-likeness (QED) is 0.845. The van der Waals surface area contributed by atoms with Gasteiger partial charge in [-0.2, -0.15) is 0 Å². The second kappa shape index (κ2) is 5.73. The minimum absolute atomic E-state index is 0.0671. The fourth-order valence-electron chi connectivity index (χ4n) is 1.28. The summed E-state index contributed by atoms with van der Waals surface area (Å²) in [5, 5.41) is 3.52. The Balaban J connectivity index is 2.58. The van der Waals surface area contributed by atoms with Gasteiger partial charge in [-0.1, -0.05) is 23.7 Å². The molecule has 1 rings (SSSR count). The van der Waals surface area contributed by atoms with Crippen molar-refractivity contribution >= 4 is 17.5 Å². The summed E-state index contributed by atoms with van der Waals surface area (Å²) < 4.78 is 0. The molecule has 1 aromatic rings. The van der Waals surface area contributed by atoms with Crippen LogP contribution in [0.4, 0.5) is 0 Å². The van der Waals surface area contributed by atoms with Crippen molar-refractivity contribution in [1.29, 1.82) is 0 Å². The molecule has 0 bridgehead atoms. The number of nitrogens with zero attached hydrogens (tertiary/aromatic N) is 1. The zero-order valence-electron chi connectivity index (χ0n) is 8.96. The van der Waals surface area contributed by atoms with Gasteiger partial charge in [0.15, 0.2) is 0 Å². The largest absolute Gasteiger partial charge is 0.340 e. The molecule has 3 nitrogen and oxygen atoms in total. The van der Waals surface area contributed by atoms with Crippen LogP contribution in [-0.2, 0) is 11.3 Å². The molecule has 0 spiro atoms. The molecule has 0 unspecified atom stereocenters. The SMILES string of the molecule is CNCC(=O)N(C)Cc1cccc(Cl)c1. The lowest BCUT2D eigenvalue weighted by molar-refractivity contribution is -0.129. The number of benzene rings is 1. The Morgan fingerprint density at radius 3 is 2.87 bits per heavy atom. The molecule has 0 radical (unpaired) electrons. The molecule has 0 fully saturated rings. The summed E-state index contributed by atoms with van der Waals surface area (Å²) >= 11 is 5.85. The lowest BCUT2D eigenvalue weighted by Gasteiger charge is -2.17. The Hall–Kier alpha value is -1.06. The van der Waals surface area contributed by atoms with Crippen molar-refractivity contribution in [2.45, 2.75) is 6.54 Å². The molecular weight excluding hydrogens is 212 g/mol. The molecule has 1 N–H and O–H groups in total. The highest BCUT2D eigenvalue weighted by Gasteiger charge is 2.07. The molecule has 1 aromatic carbocycles. The van der Waals surface area contributed by atoms with Crippen molar-refractivity contribution in [1.82, 2.24) is 10.2 Å². The number of amides is 1. The highest BCUT2D eigenvalue weighted by molar-refractivity contribution is 6.30. The van der Waals surface area contributed by atoms with Crippen LogP contribution in [0.2, 0.25) is 5.02 Å². The van der Waals surface area contributed by atoms with E-state index in [4.69, 9.17) is 11.6 Å². The van der Waals surface area contributed by atoms with E-state index in [1.54, 1.807) is 19.0 Å². The summed E-state index contributed by atoms with van der Waals surface area (Å²) in [6, 6.07) is 7.52. The van der Waals surface area contributed by atoms with Gasteiger partial charge < -0.3 is 10.2 Å². The Kier molecular flexibility index (Phi) is 4.59. The van der Waals surface area contributed by atoms with Gasteiger partial charge in [0.05, 0.1) is 6.54 Å². The van der Waals surface area contributed by atoms with Crippen molar-refractivity contribution in [3.05, 3.63) is 34.9 Å². The van der Waals surface area contributed by atoms with E-state index in [0.29, 0.717) is 18.1 Å². The molecule has 0 aliphatic carbocycles. The summed E-state index contributed by atoms with van der Waals surface area (Å²) in [4.78, 5) is 13.1. The van der Waals surface area contributed by atoms with Gasteiger partial charge in [0.2, 0.25) is 5.91 Å². The number of hydrogen-bond donors (Lipinski definition) is 1. The number of nitrogens with one attached hydrogen (secondary N) is 1. The first-order chi connectivity index (χ1) is 7.13. The molecule has 0 atom stereocenters. The first kappa shape index (κ1) is 12.0. The van der Waals surface area contributed by atoms with Crippen molar-refractivity contribution in [3.8, 4) is 0 Å². The van der Waals surface area contributed by atoms with Crippen LogP contribution in [-0.4, -0.2) is 31.4 Å². The molecule has 4 heteroatoms. The maximum atomic E-state index is 11.5. The van der Waals surface area contributed by atoms with Crippen LogP contribution in [0.5, 0.6) is 0 Å². The maximum Gasteiger partial charge on any atom is 0.236 e. The molecular formula is C11H15ClN2O. The van der Waals surface area contributed by atoms with E-state index >= 15 is 0 Å². The monoisotopic (exact) mass is 226 g/mol. The molecule has 1 amide bonds. The highest BCUT2D eigenvalue weighted by atomic mass is 35.5. The van der Waals surface area contributed by atoms with Crippen molar-refractivity contribution in [3.63, 3.8) is 0 Å². The first-order valence-corrected chi connectivity index (χ1v) is 5.14. The van der Waals surface area contributed by atoms with Gasteiger partial charge in [0.25, 0.3) is 0 Å². The van der Waals surface area contributed by atoms with Crippen molar-refractivity contribution in [2.24, 2.45) is 0 Å². The van der Waals surface area contributed by atoms with Gasteiger partial charge in [-0.05, 0) is 24.7 Å². The number of hydrogen-bond acceptors (Lipinski definition) is 2. The zero-order valence-corrected chi connectivity index (χ0v) is 9.71. The normalized spacial score (nSPS) is 10.1. The average molecular weight is 227 g/mol. The third kappa shape index (κ3) is 3.90. The van der Waals surface area contributed by atoms with Crippen LogP contribution in [0.1, 0.15) is 5.56 Å². The maximum absolute atomic E-state index is 11.5. The summed E-state index contributed by atoms with van der Waals surface area (Å²) in [5.41, 5.74) is 1.04. The van der Waals surface area contributed by atoms with Crippen LogP contribution in [0.25, 0.3) is 0 Å². The van der Waals surface area contributed by atoms with E-state index in [-0.39, 0.29) is 5.91 Å². The van der Waals surface area contributed by atoms with Crippen LogP contribution in [0.3, 0.4) is 0 Å². The van der Waals surface area contributed by atoms with E-state index in [9.17, 15) is 4.79 Å². The predicted molar refractivity (Wildman–Crippen MR) is 61.9 cm³/mol. The molecule has 0 heterocycles. The summed E-state index contributed by atoms with van der Waals surface area (Å²) in [5.74, 6) is 0.0671. The fourth-order valence-corrected chi connectivity index (χ4v) is 1.50. The fraction of sp³-hybridized carbons (Fsp3) is 0.364. The zero-order chi connectivity index (χ0) is 11.3. The molecule has 0 saturated heterocycles. The Labute approximate surface area is 95.0 Å². The van der Waals surface area contributed by atoms with Crippen molar-refractivity contribution in [2.75, 3.05) is 20.6 Å². The third-order valence-corrected chi connectivity index (χ3v) is 2.30. The Morgan fingerprint density at radius 1 is 1.53 bits per heavy atom. The molecule has 0 saturated carbocycles. The number of rotatable bonds is 4. The minimum Gasteiger partial charge on any atom is -0.340 e. The van der Waals surface area contributed by atoms with E-state index < -0.39 is 0 Å². The van der Waals surface area contributed by atoms with Crippen LogP contribution < -0.4 is 5.32 Å². The summed E-state index contributed by atoms with van der Waals surface area (Å²) in [6.07, 6.45) is 0. The Morgan fingerprint density at radius 2 is 2.27 bits per heavy atom. The number of carbonyl (C=O) groups is 1. The number of halogens is 1. The average Bonchev–Trinajstić information content (AvgIpc) is 2.18. The minimum atomic E-state index is 0.0671. The molecule has 0 aliphatic rings. The van der Waals surface area contributed by atoms with E-state index in [1.807, 2.05) is 24.3 Å². The highest BCUT2D eigenvalue weighted by Crippen LogP contribution is 2.11. The Bertz CT molecular complexity index is 341. The summed E-state index contributed by atoms with van der Waals surface area (Å²) in [7, 11) is 3.53. The summed E-state index contributed by atoms with van der Waals surface area (Å²) in [6.45, 7) is 0.943. The number of carbonyl (C=O) groups excluding carboxylic acids is 1. The van der Waals surface area contributed by atoms with Gasteiger partial charge in [0.1, 0.15) is 0 Å². The van der Waals surface area contributed by atoms with Crippen molar-refractivity contribution < 1.29 is 4.79 Å². The van der Waals surface area contributed by atoms with Crippen LogP contribution in [0, 0.1) is 0 Å². The molecule has 82 valence electrons. The van der Waals surface area contributed by atoms with Gasteiger partial charge >= 0.3 is 0 Å². The lowest BCUT2D eigenvalue weighted by atomic mass is 10.2. The molecule has 0 aromatic heterocycles. The van der Waals surface area contributed by atoms with Gasteiger partial charge in [-0.15, -0.1) is 0 Å². The third-order valence-electron chi connectivity index (χ3n) is 2.06. The van der Waals surface area contributed by atoms with Crippen LogP contribution in [0.15, 0.2) is 24.3 Å². The number of likely N-dealkylation sites (N-methyl/N-ethyl adjacent to an activating group) is 2. The molecule has 15 heavy (non-hydrogen) atoms. The second-order valence-corrected chi connectivity index (χ2v) is 3.85. The van der Waals surface area contributed by atoms with E-state index in [2.05, 4.69) is 5.32 Å². The predicted octanol–water partition coefficient (Wildman–Crippen LogP) is 1.52. The van der Waals surface area contributed by atoms with E-state index in [1.165, 1.54) is 0 Å². The van der Waals surface area contributed by atoms with Gasteiger partial charge in [-0.25, -0.2) is 0 Å². The molecule has 0 aliphatic heterocycles. The second-order valence-electron chi connectivity index (χ2n) is 3.41. The standard InChI is InChI=1S/C11H15ClN2O/c1-13-7-11(15)14(2)8-9-4-3-5-10(12)6-9/h3-6,13H,7-8H2,1-2H3. The van der Waals surface area contributed by atoms with E-state index in [0.717, 1.165) is 5.56 Å². The topological polar surface area (TPSA) is 32.3 Å². The van der Waals surface area contributed by atoms with Gasteiger partial charge in [-0.3, -0.25) is 4.79 Å². The first-order valence-electron chi connectivity index (χ1n) is 4.76. The lowest BCUT2D eigenvalue weighted by Crippen LogP contribution is -2.33. The van der Waals surface area contributed by atoms with Gasteiger partial charge in [0, 0.05) is 18.6 Å². The van der Waals surface area contributed by atoms with Crippen LogP contribution >= 0.6 is 11.6 Å².